The molecule has 10 aliphatic rings. The third kappa shape index (κ3) is 25.5. The molecular weight excluding hydrogens is 1510 g/mol. The van der Waals surface area contributed by atoms with Gasteiger partial charge in [-0.25, -0.2) is 23.1 Å². The second-order valence-corrected chi connectivity index (χ2v) is 33.5. The number of Topliss-reactive ketones (excluding diaryl/α,β-unsaturated/α-hetero) is 1. The van der Waals surface area contributed by atoms with Crippen LogP contribution in [0.5, 0.6) is 0 Å². The molecule has 7 N–H and O–H groups in total. The summed E-state index contributed by atoms with van der Waals surface area (Å²) >= 11 is 0. The average Bonchev–Trinajstić information content (AvgIpc) is 1.55. The van der Waals surface area contributed by atoms with Gasteiger partial charge in [0.15, 0.2) is 5.79 Å². The normalized spacial score (nSPS) is 30.9. The summed E-state index contributed by atoms with van der Waals surface area (Å²) in [6.07, 6.45) is 7.78. The predicted molar refractivity (Wildman–Crippen MR) is 406 cm³/mol. The zero-order valence-corrected chi connectivity index (χ0v) is 67.5. The van der Waals surface area contributed by atoms with E-state index in [2.05, 4.69) is 61.6 Å². The first-order valence-electron chi connectivity index (χ1n) is 40.8. The number of hydrogen-bond acceptors (Lipinski definition) is 30. The molecule has 36 heteroatoms. The van der Waals surface area contributed by atoms with Gasteiger partial charge in [-0.2, -0.15) is 0 Å². The number of ketones is 1. The standard InChI is InChI=1S/C78H122N10O25S/c1-47(2)68(85-67(92)46-105-33-32-104-31-30-103-29-28-102-27-26-101-25-24-100-23-22-99-21-20-98-19-18-88-45-59(86-87-88)51-41-82-77(83-42-51)114(7,95)96)76(94)84-58(10-8-9-17-79)75(93)81-44-66(91)80-43-53(90)38-64-69(97-6)57-37-52(89)36-55-12-14-61-70(108-55)74-73-72(110-61)71-65(111-73)40-78(112-71,113-74)16-15-56-35-49(4)60(106-56)13-11-54-34-48(3)50(5)62(107-54)39-63(57)109-64/h41-42,45,47-48,53-58,60-65,68-74,90H,4-5,8-40,43-44,46,79H2,1-3,6-7H3,(H,80,91)(H,81,93)(H,84,94)(H,85,92)/t48-,53+,54+,55-,56+,57+,58+,60?,61+,62-,63+,64-,65?,68+,69-,70+,71+,72+,73-,74+,78+/m1/s1. The van der Waals surface area contributed by atoms with E-state index in [1.165, 1.54) is 12.4 Å². The highest BCUT2D eigenvalue weighted by molar-refractivity contribution is 7.90. The second-order valence-electron chi connectivity index (χ2n) is 31.6. The summed E-state index contributed by atoms with van der Waals surface area (Å²) in [6.45, 7) is 19.7. The van der Waals surface area contributed by atoms with Gasteiger partial charge in [-0.3, -0.25) is 24.0 Å². The molecular formula is C78H122N10O25S. The maximum atomic E-state index is 14.6. The summed E-state index contributed by atoms with van der Waals surface area (Å²) in [4.78, 5) is 76.4. The largest absolute Gasteiger partial charge is 0.391 e. The molecule has 21 atom stereocenters. The fourth-order valence-corrected chi connectivity index (χ4v) is 17.2. The molecule has 4 amide bonds. The molecule has 2 aromatic rings. The van der Waals surface area contributed by atoms with Gasteiger partial charge >= 0.3 is 0 Å². The number of sulfone groups is 1. The Kier molecular flexibility index (Phi) is 34.4. The smallest absolute Gasteiger partial charge is 0.246 e. The number of nitrogens with zero attached hydrogens (tertiary/aromatic N) is 5. The number of carbonyl (C=O) groups excluding carboxylic acids is 5. The van der Waals surface area contributed by atoms with E-state index in [4.69, 9.17) is 86.3 Å². The number of aliphatic hydroxyl groups is 1. The Balaban J connectivity index is 0.538. The van der Waals surface area contributed by atoms with Gasteiger partial charge in [0, 0.05) is 82.3 Å². The lowest BCUT2D eigenvalue weighted by atomic mass is 9.81. The average molecular weight is 1630 g/mol. The Morgan fingerprint density at radius 1 is 0.675 bits per heavy atom. The van der Waals surface area contributed by atoms with E-state index in [9.17, 15) is 37.5 Å². The monoisotopic (exact) mass is 1630 g/mol. The van der Waals surface area contributed by atoms with Gasteiger partial charge in [-0.05, 0) is 93.7 Å². The van der Waals surface area contributed by atoms with Crippen LogP contribution in [0.15, 0.2) is 48.1 Å². The number of nitrogens with one attached hydrogen (secondary N) is 4. The number of carbonyl (C=O) groups is 5. The van der Waals surface area contributed by atoms with E-state index >= 15 is 0 Å². The Morgan fingerprint density at radius 3 is 1.96 bits per heavy atom. The number of ether oxygens (including phenoxy) is 17. The lowest BCUT2D eigenvalue weighted by Gasteiger charge is -2.47. The van der Waals surface area contributed by atoms with Crippen molar-refractivity contribution in [1.82, 2.24) is 46.2 Å². The summed E-state index contributed by atoms with van der Waals surface area (Å²) in [6, 6.07) is -2.10. The molecule has 35 nitrogen and oxygen atoms in total. The maximum Gasteiger partial charge on any atom is 0.246 e. The van der Waals surface area contributed by atoms with Crippen LogP contribution < -0.4 is 27.0 Å². The van der Waals surface area contributed by atoms with E-state index in [0.717, 1.165) is 49.5 Å². The highest BCUT2D eigenvalue weighted by Crippen LogP contribution is 2.55. The van der Waals surface area contributed by atoms with Gasteiger partial charge in [0.05, 0.1) is 186 Å². The number of nitrogens with two attached hydrogens (primary N) is 1. The Labute approximate surface area is 667 Å². The highest BCUT2D eigenvalue weighted by Gasteiger charge is 2.69. The van der Waals surface area contributed by atoms with Crippen molar-refractivity contribution >= 4 is 39.2 Å². The van der Waals surface area contributed by atoms with E-state index in [-0.39, 0.29) is 136 Å². The second kappa shape index (κ2) is 43.9. The summed E-state index contributed by atoms with van der Waals surface area (Å²) in [5.41, 5.74) is 8.88. The number of amides is 4. The molecule has 10 saturated heterocycles. The Morgan fingerprint density at radius 2 is 1.30 bits per heavy atom. The van der Waals surface area contributed by atoms with E-state index in [0.29, 0.717) is 149 Å². The molecule has 10 fully saturated rings. The first-order valence-corrected chi connectivity index (χ1v) is 42.7. The van der Waals surface area contributed by atoms with Crippen molar-refractivity contribution in [2.24, 2.45) is 23.5 Å². The van der Waals surface area contributed by atoms with Gasteiger partial charge in [0.25, 0.3) is 0 Å². The van der Waals surface area contributed by atoms with Crippen molar-refractivity contribution in [2.75, 3.05) is 139 Å². The first kappa shape index (κ1) is 89.2. The van der Waals surface area contributed by atoms with Crippen molar-refractivity contribution in [3.63, 3.8) is 0 Å². The fourth-order valence-electron chi connectivity index (χ4n) is 16.7. The SMILES string of the molecule is C=C1C[C@@H]2CC[C@@]34CC5O[C@H]6[C@@H](O3)[C@H]3O[C@H](CC[C@@H]3O[C@H]6[C@H]5O4)CC(=O)C[C@@H]3[C@@H](OC)[C@@H](C[C@H](O)CNC(=O)CNC(=O)[C@H](CCCCN)NC(=O)[C@@H](NC(=O)COCCOCCOCCOCCOCCOCCOCCOCCn4cc(-c5cnc(S(C)(=O)=O)nc5)nn4)C(C)C)O[C@H]3C[C@H]3O[C@@H](CCC1O2)C[C@@H](C)C3=C. The molecule has 12 bridgehead atoms. The molecule has 10 aliphatic heterocycles. The number of aromatic nitrogens is 5. The van der Waals surface area contributed by atoms with E-state index in [1.807, 2.05) is 0 Å². The minimum absolute atomic E-state index is 0.0138. The molecule has 114 heavy (non-hydrogen) atoms. The maximum absolute atomic E-state index is 14.6. The van der Waals surface area contributed by atoms with E-state index < -0.39 is 107 Å². The van der Waals surface area contributed by atoms with Crippen LogP contribution >= 0.6 is 0 Å². The molecule has 2 unspecified atom stereocenters. The zero-order valence-electron chi connectivity index (χ0n) is 66.7. The molecule has 0 aliphatic carbocycles. The number of unbranched alkanes of at least 4 members (excludes halogenated alkanes) is 1. The van der Waals surface area contributed by atoms with Crippen LogP contribution in [0.3, 0.4) is 0 Å². The van der Waals surface area contributed by atoms with Gasteiger partial charge in [-0.1, -0.05) is 39.1 Å². The van der Waals surface area contributed by atoms with E-state index in [1.54, 1.807) is 31.8 Å². The quantitative estimate of drug-likeness (QED) is 0.0313. The van der Waals surface area contributed by atoms with Gasteiger partial charge < -0.3 is 113 Å². The van der Waals surface area contributed by atoms with Crippen molar-refractivity contribution in [3.05, 3.63) is 42.9 Å². The molecule has 2 aromatic heterocycles. The predicted octanol–water partition coefficient (Wildman–Crippen LogP) is 1.75. The molecule has 12 heterocycles. The fraction of sp³-hybridized carbons (Fsp3) is 0.808. The summed E-state index contributed by atoms with van der Waals surface area (Å²) in [7, 11) is -1.92. The zero-order chi connectivity index (χ0) is 80.7. The topological polar surface area (TPSA) is 427 Å². The van der Waals surface area contributed by atoms with Crippen LogP contribution in [0, 0.1) is 17.8 Å². The molecule has 1 spiro atoms. The van der Waals surface area contributed by atoms with Crippen molar-refractivity contribution in [2.45, 2.75) is 251 Å². The van der Waals surface area contributed by atoms with Crippen LogP contribution in [0.4, 0.5) is 0 Å². The Hall–Kier alpha value is -5.56. The minimum Gasteiger partial charge on any atom is -0.391 e. The number of methoxy groups -OCH3 is 1. The summed E-state index contributed by atoms with van der Waals surface area (Å²) < 4.78 is 130. The third-order valence-corrected chi connectivity index (χ3v) is 23.5. The molecule has 0 radical (unpaired) electrons. The van der Waals surface area contributed by atoms with Gasteiger partial charge in [-0.15, -0.1) is 5.10 Å². The number of hydrogen-bond donors (Lipinski definition) is 6. The molecule has 12 rings (SSSR count). The highest BCUT2D eigenvalue weighted by atomic mass is 32.2. The van der Waals surface area contributed by atoms with Crippen LogP contribution in [0.2, 0.25) is 0 Å². The number of aliphatic hydroxyl groups excluding tert-OH is 1. The van der Waals surface area contributed by atoms with Crippen LogP contribution in [-0.2, 0) is 121 Å². The van der Waals surface area contributed by atoms with Gasteiger partial charge in [0.2, 0.25) is 38.6 Å². The molecule has 0 saturated carbocycles. The molecule has 0 aromatic carbocycles. The number of rotatable bonds is 44. The van der Waals surface area contributed by atoms with Crippen molar-refractivity contribution < 1.29 is 118 Å². The van der Waals surface area contributed by atoms with Crippen LogP contribution in [-0.4, -0.2) is 322 Å². The molecule has 640 valence electrons. The van der Waals surface area contributed by atoms with Crippen LogP contribution in [0.25, 0.3) is 11.3 Å². The summed E-state index contributed by atoms with van der Waals surface area (Å²) in [5.74, 6) is -3.91. The Bertz CT molecular complexity index is 3530. The minimum atomic E-state index is -3.50. The first-order chi connectivity index (χ1) is 55.0. The summed E-state index contributed by atoms with van der Waals surface area (Å²) in [5, 5.41) is 30.3. The van der Waals surface area contributed by atoms with Crippen molar-refractivity contribution in [3.8, 4) is 11.3 Å². The van der Waals surface area contributed by atoms with Gasteiger partial charge in [0.1, 0.15) is 60.7 Å². The van der Waals surface area contributed by atoms with Crippen molar-refractivity contribution in [1.29, 1.82) is 0 Å². The third-order valence-electron chi connectivity index (χ3n) is 22.6. The number of fused-ring (bicyclic) bond motifs is 6. The lowest BCUT2D eigenvalue weighted by molar-refractivity contribution is -0.292. The van der Waals surface area contributed by atoms with Crippen LogP contribution in [0.1, 0.15) is 124 Å². The lowest BCUT2D eigenvalue weighted by Crippen LogP contribution is -2.61.